The van der Waals surface area contributed by atoms with Gasteiger partial charge in [0.25, 0.3) is 0 Å². The van der Waals surface area contributed by atoms with Crippen LogP contribution in [0.15, 0.2) is 59.8 Å². The fourth-order valence-electron chi connectivity index (χ4n) is 3.39. The highest BCUT2D eigenvalue weighted by Crippen LogP contribution is 2.38. The summed E-state index contributed by atoms with van der Waals surface area (Å²) in [5.74, 6) is 1.42. The maximum atomic E-state index is 13.0. The van der Waals surface area contributed by atoms with Crippen molar-refractivity contribution in [2.75, 3.05) is 32.3 Å². The molecule has 2 aromatic carbocycles. The minimum atomic E-state index is -0.421. The summed E-state index contributed by atoms with van der Waals surface area (Å²) < 4.78 is 12.5. The Labute approximate surface area is 185 Å². The number of aromatic nitrogens is 3. The van der Waals surface area contributed by atoms with Gasteiger partial charge in [0.1, 0.15) is 11.0 Å². The van der Waals surface area contributed by atoms with Gasteiger partial charge in [0, 0.05) is 19.2 Å². The average molecular weight is 440 g/mol. The Morgan fingerprint density at radius 2 is 1.94 bits per heavy atom. The molecule has 31 heavy (non-hydrogen) atoms. The fraction of sp³-hybridized carbons (Fsp3) is 0.318. The van der Waals surface area contributed by atoms with Crippen molar-refractivity contribution in [1.29, 1.82) is 0 Å². The van der Waals surface area contributed by atoms with Crippen LogP contribution in [0.3, 0.4) is 0 Å². The Morgan fingerprint density at radius 3 is 2.65 bits per heavy atom. The number of hydrogen-bond acceptors (Lipinski definition) is 7. The highest BCUT2D eigenvalue weighted by atomic mass is 32.2. The normalized spacial score (nSPS) is 17.5. The van der Waals surface area contributed by atoms with Crippen molar-refractivity contribution >= 4 is 17.7 Å². The van der Waals surface area contributed by atoms with Crippen molar-refractivity contribution < 1.29 is 14.3 Å². The molecule has 162 valence electrons. The second-order valence-electron chi connectivity index (χ2n) is 6.94. The molecule has 0 bridgehead atoms. The molecule has 1 aliphatic heterocycles. The van der Waals surface area contributed by atoms with E-state index < -0.39 is 5.25 Å². The molecule has 2 N–H and O–H groups in total. The van der Waals surface area contributed by atoms with Gasteiger partial charge in [-0.3, -0.25) is 4.79 Å². The molecule has 0 aliphatic carbocycles. The number of benzene rings is 2. The van der Waals surface area contributed by atoms with Crippen molar-refractivity contribution in [2.45, 2.75) is 23.4 Å². The summed E-state index contributed by atoms with van der Waals surface area (Å²) in [6.45, 7) is 3.46. The quantitative estimate of drug-likeness (QED) is 0.522. The molecule has 1 aromatic heterocycles. The summed E-state index contributed by atoms with van der Waals surface area (Å²) in [5, 5.41) is 11.9. The maximum absolute atomic E-state index is 13.0. The van der Waals surface area contributed by atoms with Crippen LogP contribution in [0.25, 0.3) is 11.4 Å². The van der Waals surface area contributed by atoms with Gasteiger partial charge in [0.15, 0.2) is 5.82 Å². The van der Waals surface area contributed by atoms with E-state index >= 15 is 0 Å². The van der Waals surface area contributed by atoms with Gasteiger partial charge in [0.2, 0.25) is 11.1 Å². The third-order valence-corrected chi connectivity index (χ3v) is 6.10. The Kier molecular flexibility index (Phi) is 6.73. The first kappa shape index (κ1) is 21.2. The third kappa shape index (κ3) is 4.67. The Bertz CT molecular complexity index is 1010. The van der Waals surface area contributed by atoms with Gasteiger partial charge < -0.3 is 20.2 Å². The van der Waals surface area contributed by atoms with Gasteiger partial charge >= 0.3 is 0 Å². The van der Waals surface area contributed by atoms with E-state index in [4.69, 9.17) is 9.47 Å². The minimum absolute atomic E-state index is 0.0797. The van der Waals surface area contributed by atoms with E-state index in [0.29, 0.717) is 30.7 Å². The molecule has 2 heterocycles. The van der Waals surface area contributed by atoms with Crippen LogP contribution in [0.2, 0.25) is 0 Å². The maximum Gasteiger partial charge on any atom is 0.236 e. The van der Waals surface area contributed by atoms with Crippen LogP contribution in [0, 0.1) is 0 Å². The summed E-state index contributed by atoms with van der Waals surface area (Å²) in [5.41, 5.74) is 5.39. The topological polar surface area (TPSA) is 90.3 Å². The van der Waals surface area contributed by atoms with Crippen LogP contribution in [0.1, 0.15) is 18.5 Å². The molecule has 8 nitrogen and oxygen atoms in total. The van der Waals surface area contributed by atoms with Crippen molar-refractivity contribution in [3.05, 3.63) is 60.2 Å². The smallest absolute Gasteiger partial charge is 0.236 e. The molecule has 9 heteroatoms. The van der Waals surface area contributed by atoms with Crippen LogP contribution < -0.4 is 15.5 Å². The first-order valence-corrected chi connectivity index (χ1v) is 11.0. The molecular weight excluding hydrogens is 414 g/mol. The Balaban J connectivity index is 1.66. The number of carbonyl (C=O) groups excluding carboxylic acids is 1. The zero-order valence-corrected chi connectivity index (χ0v) is 18.3. The second-order valence-corrected chi connectivity index (χ2v) is 8.05. The number of methoxy groups -OCH3 is 1. The average Bonchev–Trinajstić information content (AvgIpc) is 3.23. The molecular formula is C22H25N5O3S. The van der Waals surface area contributed by atoms with Crippen molar-refractivity contribution in [3.8, 4) is 17.1 Å². The molecule has 1 aliphatic rings. The molecule has 1 amide bonds. The lowest BCUT2D eigenvalue weighted by molar-refractivity contribution is -0.121. The third-order valence-electron chi connectivity index (χ3n) is 4.88. The van der Waals surface area contributed by atoms with Crippen LogP contribution >= 0.6 is 11.8 Å². The number of carbonyl (C=O) groups is 1. The number of hydrogen-bond donors (Lipinski definition) is 2. The van der Waals surface area contributed by atoms with Gasteiger partial charge in [-0.15, -0.1) is 10.2 Å². The van der Waals surface area contributed by atoms with Gasteiger partial charge in [-0.2, -0.15) is 0 Å². The van der Waals surface area contributed by atoms with Gasteiger partial charge in [-0.25, -0.2) is 4.68 Å². The summed E-state index contributed by atoms with van der Waals surface area (Å²) in [4.78, 5) is 13.0. The zero-order chi connectivity index (χ0) is 21.6. The first-order valence-electron chi connectivity index (χ1n) is 10.1. The van der Waals surface area contributed by atoms with Crippen LogP contribution in [0.4, 0.5) is 0 Å². The predicted molar refractivity (Wildman–Crippen MR) is 120 cm³/mol. The monoisotopic (exact) mass is 439 g/mol. The van der Waals surface area contributed by atoms with E-state index in [-0.39, 0.29) is 11.9 Å². The highest BCUT2D eigenvalue weighted by molar-refractivity contribution is 8.00. The van der Waals surface area contributed by atoms with E-state index in [9.17, 15) is 4.79 Å². The molecule has 0 fully saturated rings. The molecule has 3 aromatic rings. The molecule has 0 saturated carbocycles. The second kappa shape index (κ2) is 9.84. The first-order chi connectivity index (χ1) is 15.2. The number of nitrogens with one attached hydrogen (secondary N) is 2. The summed E-state index contributed by atoms with van der Waals surface area (Å²) >= 11 is 1.40. The molecule has 0 unspecified atom stereocenters. The molecule has 0 radical (unpaired) electrons. The van der Waals surface area contributed by atoms with Crippen molar-refractivity contribution in [2.24, 2.45) is 0 Å². The van der Waals surface area contributed by atoms with E-state index in [1.165, 1.54) is 11.8 Å². The van der Waals surface area contributed by atoms with E-state index in [1.54, 1.807) is 7.11 Å². The van der Waals surface area contributed by atoms with Gasteiger partial charge in [-0.05, 0) is 24.6 Å². The Hall–Kier alpha value is -3.04. The molecule has 0 saturated heterocycles. The zero-order valence-electron chi connectivity index (χ0n) is 17.4. The number of nitrogens with zero attached hydrogens (tertiary/aromatic N) is 3. The molecule has 4 rings (SSSR count). The predicted octanol–water partition coefficient (Wildman–Crippen LogP) is 2.87. The summed E-state index contributed by atoms with van der Waals surface area (Å²) in [7, 11) is 1.61. The fourth-order valence-corrected chi connectivity index (χ4v) is 4.50. The molecule has 2 atom stereocenters. The number of ether oxygens (including phenoxy) is 2. The number of rotatable bonds is 8. The van der Waals surface area contributed by atoms with Gasteiger partial charge in [0.05, 0.1) is 19.3 Å². The van der Waals surface area contributed by atoms with Gasteiger partial charge in [-0.1, -0.05) is 54.2 Å². The largest absolute Gasteiger partial charge is 0.494 e. The van der Waals surface area contributed by atoms with E-state index in [1.807, 2.05) is 66.2 Å². The van der Waals surface area contributed by atoms with Crippen molar-refractivity contribution in [3.63, 3.8) is 0 Å². The lowest BCUT2D eigenvalue weighted by Crippen LogP contribution is -2.44. The van der Waals surface area contributed by atoms with Crippen LogP contribution in [-0.2, 0) is 9.53 Å². The standard InChI is InChI=1S/C22H25N5O3S/c1-3-30-17-11-9-15(10-12-17)18-19(21(28)23-13-14-29-2)31-22-25-24-20(27(22)26-18)16-7-5-4-6-8-16/h4-12,18-19,26H,3,13-14H2,1-2H3,(H,23,28)/t18-,19+/m0/s1. The van der Waals surface area contributed by atoms with Crippen LogP contribution in [-0.4, -0.2) is 52.9 Å². The number of thioether (sulfide) groups is 1. The molecule has 0 spiro atoms. The number of fused-ring (bicyclic) bond motifs is 1. The summed E-state index contributed by atoms with van der Waals surface area (Å²) in [6, 6.07) is 17.4. The van der Waals surface area contributed by atoms with Crippen molar-refractivity contribution in [1.82, 2.24) is 20.2 Å². The SMILES string of the molecule is CCOc1ccc([C@@H]2Nn3c(nnc3-c3ccccc3)S[C@H]2C(=O)NCCOC)cc1. The lowest BCUT2D eigenvalue weighted by Gasteiger charge is -2.33. The highest BCUT2D eigenvalue weighted by Gasteiger charge is 2.37. The number of amides is 1. The van der Waals surface area contributed by atoms with E-state index in [0.717, 1.165) is 16.9 Å². The van der Waals surface area contributed by atoms with Crippen LogP contribution in [0.5, 0.6) is 5.75 Å². The van der Waals surface area contributed by atoms with E-state index in [2.05, 4.69) is 20.9 Å². The Morgan fingerprint density at radius 1 is 1.16 bits per heavy atom. The lowest BCUT2D eigenvalue weighted by atomic mass is 10.0. The summed E-state index contributed by atoms with van der Waals surface area (Å²) in [6.07, 6.45) is 0. The minimum Gasteiger partial charge on any atom is -0.494 e.